The van der Waals surface area contributed by atoms with E-state index in [1.165, 1.54) is 17.1 Å². The molecule has 0 radical (unpaired) electrons. The lowest BCUT2D eigenvalue weighted by molar-refractivity contribution is 0.145. The first kappa shape index (κ1) is 18.0. The Hall–Kier alpha value is -1.80. The first-order valence-corrected chi connectivity index (χ1v) is 9.05. The highest BCUT2D eigenvalue weighted by molar-refractivity contribution is 7.15. The molecule has 2 unspecified atom stereocenters. The summed E-state index contributed by atoms with van der Waals surface area (Å²) in [4.78, 5) is 11.7. The van der Waals surface area contributed by atoms with Gasteiger partial charge in [0, 0.05) is 43.7 Å². The second kappa shape index (κ2) is 7.61. The molecule has 2 atom stereocenters. The number of hydrogen-bond donors (Lipinski definition) is 1. The fourth-order valence-electron chi connectivity index (χ4n) is 3.04. The minimum absolute atomic E-state index is 0.0320. The lowest BCUT2D eigenvalue weighted by Gasteiger charge is -2.19. The highest BCUT2D eigenvalue weighted by Gasteiger charge is 2.31. The summed E-state index contributed by atoms with van der Waals surface area (Å²) in [6.07, 6.45) is 1.68. The van der Waals surface area contributed by atoms with Gasteiger partial charge >= 0.3 is 0 Å². The lowest BCUT2D eigenvalue weighted by Crippen LogP contribution is -2.27. The van der Waals surface area contributed by atoms with Gasteiger partial charge in [-0.05, 0) is 25.5 Å². The zero-order valence-corrected chi connectivity index (χ0v) is 15.3. The van der Waals surface area contributed by atoms with Crippen LogP contribution in [-0.4, -0.2) is 40.6 Å². The first-order valence-electron chi connectivity index (χ1n) is 8.24. The van der Waals surface area contributed by atoms with Crippen molar-refractivity contribution in [2.45, 2.75) is 45.4 Å². The summed E-state index contributed by atoms with van der Waals surface area (Å²) in [6.45, 7) is 5.58. The first-order chi connectivity index (χ1) is 12.0. The van der Waals surface area contributed by atoms with Gasteiger partial charge in [0.1, 0.15) is 17.5 Å². The Morgan fingerprint density at radius 2 is 2.20 bits per heavy atom. The predicted octanol–water partition coefficient (Wildman–Crippen LogP) is 3.87. The van der Waals surface area contributed by atoms with Crippen molar-refractivity contribution in [2.75, 3.05) is 18.9 Å². The largest absolute Gasteiger partial charge is 0.487 e. The van der Waals surface area contributed by atoms with Crippen molar-refractivity contribution in [1.82, 2.24) is 14.9 Å². The van der Waals surface area contributed by atoms with E-state index in [1.807, 2.05) is 13.2 Å². The number of pyridine rings is 1. The van der Waals surface area contributed by atoms with Crippen LogP contribution in [0.3, 0.4) is 0 Å². The van der Waals surface area contributed by atoms with E-state index in [0.717, 1.165) is 24.6 Å². The normalized spacial score (nSPS) is 21.0. The molecule has 0 amide bonds. The summed E-state index contributed by atoms with van der Waals surface area (Å²) in [5.74, 6) is 0.582. The number of alkyl halides is 2. The summed E-state index contributed by atoms with van der Waals surface area (Å²) in [5.41, 5.74) is 0.481. The number of thiazole rings is 1. The van der Waals surface area contributed by atoms with Gasteiger partial charge in [0.05, 0.1) is 6.20 Å². The second-order valence-electron chi connectivity index (χ2n) is 6.31. The molecule has 1 fully saturated rings. The number of ether oxygens (including phenoxy) is 1. The quantitative estimate of drug-likeness (QED) is 0.839. The Kier molecular flexibility index (Phi) is 5.48. The minimum Gasteiger partial charge on any atom is -0.487 e. The molecule has 0 spiro atoms. The summed E-state index contributed by atoms with van der Waals surface area (Å²) < 4.78 is 31.4. The molecule has 0 saturated carbocycles. The van der Waals surface area contributed by atoms with Gasteiger partial charge in [-0.15, -0.1) is 11.3 Å². The number of aryl methyl sites for hydroxylation is 1. The van der Waals surface area contributed by atoms with Crippen LogP contribution in [0, 0.1) is 6.92 Å². The second-order valence-corrected chi connectivity index (χ2v) is 7.43. The molecule has 0 aromatic carbocycles. The lowest BCUT2D eigenvalue weighted by atomic mass is 10.2. The molecule has 1 N–H and O–H groups in total. The average molecular weight is 368 g/mol. The summed E-state index contributed by atoms with van der Waals surface area (Å²) in [6, 6.07) is 1.78. The fraction of sp³-hybridized carbons (Fsp3) is 0.529. The van der Waals surface area contributed by atoms with E-state index in [0.29, 0.717) is 17.4 Å². The van der Waals surface area contributed by atoms with Gasteiger partial charge in [0.15, 0.2) is 5.13 Å². The minimum atomic E-state index is -2.56. The highest BCUT2D eigenvalue weighted by atomic mass is 32.1. The molecular formula is C17H22F2N4OS. The molecule has 1 aliphatic heterocycles. The van der Waals surface area contributed by atoms with Gasteiger partial charge in [-0.3, -0.25) is 9.88 Å². The highest BCUT2D eigenvalue weighted by Crippen LogP contribution is 2.29. The third-order valence-corrected chi connectivity index (χ3v) is 5.39. The van der Waals surface area contributed by atoms with Crippen molar-refractivity contribution in [3.8, 4) is 5.75 Å². The molecule has 0 bridgehead atoms. The van der Waals surface area contributed by atoms with Gasteiger partial charge in [0.25, 0.3) is 6.43 Å². The molecular weight excluding hydrogens is 346 g/mol. The average Bonchev–Trinajstić information content (AvgIpc) is 3.16. The zero-order chi connectivity index (χ0) is 18.0. The third-order valence-electron chi connectivity index (χ3n) is 4.39. The van der Waals surface area contributed by atoms with E-state index >= 15 is 0 Å². The SMILES string of the molecule is CNc1ncc(CN2CC(Oc3cnc(C(F)F)cc3C)CC2C)s1. The molecule has 2 aromatic heterocycles. The number of nitrogens with zero attached hydrogens (tertiary/aromatic N) is 3. The Bertz CT molecular complexity index is 724. The van der Waals surface area contributed by atoms with Crippen LogP contribution in [0.1, 0.15) is 35.9 Å². The number of rotatable bonds is 6. The van der Waals surface area contributed by atoms with Crippen molar-refractivity contribution >= 4 is 16.5 Å². The van der Waals surface area contributed by atoms with E-state index in [1.54, 1.807) is 18.3 Å². The molecule has 2 aromatic rings. The Balaban J connectivity index is 1.61. The van der Waals surface area contributed by atoms with Crippen molar-refractivity contribution < 1.29 is 13.5 Å². The van der Waals surface area contributed by atoms with Crippen LogP contribution >= 0.6 is 11.3 Å². The Morgan fingerprint density at radius 1 is 1.40 bits per heavy atom. The number of anilines is 1. The standard InChI is InChI=1S/C17H22F2N4OS/c1-10-4-14(16(18)19)21-7-15(10)24-12-5-11(2)23(8-12)9-13-6-22-17(20-3)25-13/h4,6-7,11-12,16H,5,8-9H2,1-3H3,(H,20,22). The number of likely N-dealkylation sites (tertiary alicyclic amines) is 1. The van der Waals surface area contributed by atoms with E-state index in [9.17, 15) is 8.78 Å². The van der Waals surface area contributed by atoms with Crippen molar-refractivity contribution in [3.63, 3.8) is 0 Å². The maximum Gasteiger partial charge on any atom is 0.280 e. The van der Waals surface area contributed by atoms with Gasteiger partial charge < -0.3 is 10.1 Å². The molecule has 3 rings (SSSR count). The van der Waals surface area contributed by atoms with E-state index in [2.05, 4.69) is 27.1 Å². The topological polar surface area (TPSA) is 50.3 Å². The third kappa shape index (κ3) is 4.24. The molecule has 1 aliphatic rings. The summed E-state index contributed by atoms with van der Waals surface area (Å²) >= 11 is 1.65. The van der Waals surface area contributed by atoms with Gasteiger partial charge in [0.2, 0.25) is 0 Å². The van der Waals surface area contributed by atoms with Crippen LogP contribution in [0.25, 0.3) is 0 Å². The number of aromatic nitrogens is 2. The summed E-state index contributed by atoms with van der Waals surface area (Å²) in [5, 5.41) is 3.96. The molecule has 8 heteroatoms. The van der Waals surface area contributed by atoms with Gasteiger partial charge in [-0.2, -0.15) is 0 Å². The predicted molar refractivity (Wildman–Crippen MR) is 94.5 cm³/mol. The molecule has 3 heterocycles. The van der Waals surface area contributed by atoms with E-state index in [-0.39, 0.29) is 11.8 Å². The van der Waals surface area contributed by atoms with Crippen molar-refractivity contribution in [3.05, 3.63) is 34.6 Å². The molecule has 0 aliphatic carbocycles. The van der Waals surface area contributed by atoms with Crippen LogP contribution < -0.4 is 10.1 Å². The van der Waals surface area contributed by atoms with Crippen LogP contribution in [0.4, 0.5) is 13.9 Å². The van der Waals surface area contributed by atoms with E-state index < -0.39 is 6.43 Å². The number of halogens is 2. The van der Waals surface area contributed by atoms with Crippen LogP contribution in [-0.2, 0) is 6.54 Å². The van der Waals surface area contributed by atoms with Crippen LogP contribution in [0.15, 0.2) is 18.5 Å². The Morgan fingerprint density at radius 3 is 2.84 bits per heavy atom. The maximum absolute atomic E-state index is 12.7. The van der Waals surface area contributed by atoms with Crippen LogP contribution in [0.2, 0.25) is 0 Å². The Labute approximate surface area is 150 Å². The number of hydrogen-bond acceptors (Lipinski definition) is 6. The smallest absolute Gasteiger partial charge is 0.280 e. The van der Waals surface area contributed by atoms with Crippen molar-refractivity contribution in [1.29, 1.82) is 0 Å². The fourth-order valence-corrected chi connectivity index (χ4v) is 3.83. The number of nitrogens with one attached hydrogen (secondary N) is 1. The van der Waals surface area contributed by atoms with E-state index in [4.69, 9.17) is 4.74 Å². The molecule has 25 heavy (non-hydrogen) atoms. The van der Waals surface area contributed by atoms with Crippen LogP contribution in [0.5, 0.6) is 5.75 Å². The maximum atomic E-state index is 12.7. The molecule has 136 valence electrons. The zero-order valence-electron chi connectivity index (χ0n) is 14.5. The van der Waals surface area contributed by atoms with Gasteiger partial charge in [-0.25, -0.2) is 13.8 Å². The molecule has 5 nitrogen and oxygen atoms in total. The van der Waals surface area contributed by atoms with Gasteiger partial charge in [-0.1, -0.05) is 0 Å². The van der Waals surface area contributed by atoms with Crippen molar-refractivity contribution in [2.24, 2.45) is 0 Å². The monoisotopic (exact) mass is 368 g/mol. The molecule has 1 saturated heterocycles. The summed E-state index contributed by atoms with van der Waals surface area (Å²) in [7, 11) is 1.86.